The van der Waals surface area contributed by atoms with Crippen LogP contribution in [0.1, 0.15) is 10.5 Å². The predicted octanol–water partition coefficient (Wildman–Crippen LogP) is 2.91. The minimum absolute atomic E-state index is 0.0891. The van der Waals surface area contributed by atoms with Gasteiger partial charge in [-0.2, -0.15) is 0 Å². The van der Waals surface area contributed by atoms with E-state index >= 15 is 0 Å². The van der Waals surface area contributed by atoms with Crippen LogP contribution >= 0.6 is 11.6 Å². The highest BCUT2D eigenvalue weighted by molar-refractivity contribution is 6.35. The molecule has 0 amide bonds. The van der Waals surface area contributed by atoms with E-state index in [1.165, 1.54) is 6.07 Å². The molecule has 1 aromatic heterocycles. The standard InChI is InChI=1S/C9H4ClF2NO/c10-8-4(11)1-2-5-7(8)9(12)6(3-14)13-5/h1-3,13H. The quantitative estimate of drug-likeness (QED) is 0.729. The minimum atomic E-state index is -0.820. The van der Waals surface area contributed by atoms with Crippen LogP contribution in [0.4, 0.5) is 8.78 Å². The van der Waals surface area contributed by atoms with Gasteiger partial charge in [0.15, 0.2) is 12.1 Å². The number of H-pyrrole nitrogens is 1. The number of aromatic nitrogens is 1. The molecule has 0 aliphatic carbocycles. The number of nitrogens with one attached hydrogen (secondary N) is 1. The van der Waals surface area contributed by atoms with Crippen LogP contribution in [-0.2, 0) is 0 Å². The Kier molecular flexibility index (Phi) is 2.00. The summed E-state index contributed by atoms with van der Waals surface area (Å²) in [5.41, 5.74) is 0.0727. The number of fused-ring (bicyclic) bond motifs is 1. The molecule has 2 nitrogen and oxygen atoms in total. The number of aromatic amines is 1. The first-order valence-electron chi connectivity index (χ1n) is 3.75. The molecule has 2 rings (SSSR count). The van der Waals surface area contributed by atoms with Crippen molar-refractivity contribution in [3.63, 3.8) is 0 Å². The lowest BCUT2D eigenvalue weighted by Crippen LogP contribution is -1.82. The lowest BCUT2D eigenvalue weighted by molar-refractivity contribution is 0.111. The summed E-state index contributed by atoms with van der Waals surface area (Å²) < 4.78 is 26.3. The Morgan fingerprint density at radius 3 is 2.71 bits per heavy atom. The zero-order valence-electron chi connectivity index (χ0n) is 6.77. The summed E-state index contributed by atoms with van der Waals surface area (Å²) in [6.07, 6.45) is 0.323. The summed E-state index contributed by atoms with van der Waals surface area (Å²) in [4.78, 5) is 12.9. The fraction of sp³-hybridized carbons (Fsp3) is 0. The number of carbonyl (C=O) groups is 1. The Labute approximate surface area is 82.5 Å². The van der Waals surface area contributed by atoms with Crippen LogP contribution in [0.2, 0.25) is 5.02 Å². The molecule has 5 heteroatoms. The number of rotatable bonds is 1. The largest absolute Gasteiger partial charge is 0.350 e. The topological polar surface area (TPSA) is 32.9 Å². The summed E-state index contributed by atoms with van der Waals surface area (Å²) in [6, 6.07) is 2.43. The maximum Gasteiger partial charge on any atom is 0.169 e. The number of hydrogen-bond acceptors (Lipinski definition) is 1. The molecule has 0 aliphatic heterocycles. The molecule has 0 fully saturated rings. The van der Waals surface area contributed by atoms with Gasteiger partial charge in [0.1, 0.15) is 11.5 Å². The van der Waals surface area contributed by atoms with Crippen molar-refractivity contribution < 1.29 is 13.6 Å². The number of benzene rings is 1. The molecule has 0 saturated carbocycles. The first kappa shape index (κ1) is 9.15. The fourth-order valence-electron chi connectivity index (χ4n) is 1.29. The van der Waals surface area contributed by atoms with E-state index in [-0.39, 0.29) is 16.1 Å². The smallest absolute Gasteiger partial charge is 0.169 e. The molecule has 1 heterocycles. The molecular formula is C9H4ClF2NO. The average Bonchev–Trinajstić information content (AvgIpc) is 2.50. The van der Waals surface area contributed by atoms with Crippen molar-refractivity contribution in [1.29, 1.82) is 0 Å². The van der Waals surface area contributed by atoms with Crippen molar-refractivity contribution in [2.24, 2.45) is 0 Å². The molecule has 0 radical (unpaired) electrons. The van der Waals surface area contributed by atoms with E-state index in [1.54, 1.807) is 0 Å². The Balaban J connectivity index is 2.93. The van der Waals surface area contributed by atoms with Crippen molar-refractivity contribution in [3.8, 4) is 0 Å². The van der Waals surface area contributed by atoms with Gasteiger partial charge in [-0.25, -0.2) is 8.78 Å². The Bertz CT molecular complexity index is 521. The van der Waals surface area contributed by atoms with Gasteiger partial charge in [0, 0.05) is 0 Å². The third kappa shape index (κ3) is 1.11. The van der Waals surface area contributed by atoms with Crippen molar-refractivity contribution in [1.82, 2.24) is 4.98 Å². The highest BCUT2D eigenvalue weighted by atomic mass is 35.5. The van der Waals surface area contributed by atoms with Crippen LogP contribution in [0.5, 0.6) is 0 Å². The van der Waals surface area contributed by atoms with Gasteiger partial charge < -0.3 is 4.98 Å². The zero-order chi connectivity index (χ0) is 10.3. The van der Waals surface area contributed by atoms with Gasteiger partial charge in [-0.05, 0) is 12.1 Å². The molecule has 0 spiro atoms. The molecule has 72 valence electrons. The van der Waals surface area contributed by atoms with Gasteiger partial charge in [0.2, 0.25) is 0 Å². The maximum atomic E-state index is 13.4. The second kappa shape index (κ2) is 3.06. The van der Waals surface area contributed by atoms with E-state index in [0.29, 0.717) is 11.8 Å². The van der Waals surface area contributed by atoms with E-state index in [0.717, 1.165) is 6.07 Å². The van der Waals surface area contributed by atoms with Crippen molar-refractivity contribution in [2.45, 2.75) is 0 Å². The third-order valence-corrected chi connectivity index (χ3v) is 2.31. The highest BCUT2D eigenvalue weighted by Crippen LogP contribution is 2.29. The first-order valence-corrected chi connectivity index (χ1v) is 4.13. The maximum absolute atomic E-state index is 13.4. The molecule has 1 N–H and O–H groups in total. The average molecular weight is 216 g/mol. The van der Waals surface area contributed by atoms with E-state index in [4.69, 9.17) is 11.6 Å². The summed E-state index contributed by atoms with van der Waals surface area (Å²) in [7, 11) is 0. The second-order valence-electron chi connectivity index (χ2n) is 2.75. The van der Waals surface area contributed by atoms with Gasteiger partial charge >= 0.3 is 0 Å². The number of carbonyl (C=O) groups excluding carboxylic acids is 1. The van der Waals surface area contributed by atoms with Gasteiger partial charge in [-0.1, -0.05) is 11.6 Å². The molecule has 0 saturated heterocycles. The molecule has 0 unspecified atom stereocenters. The molecule has 0 aliphatic rings. The second-order valence-corrected chi connectivity index (χ2v) is 3.13. The van der Waals surface area contributed by atoms with Gasteiger partial charge in [-0.3, -0.25) is 4.79 Å². The summed E-state index contributed by atoms with van der Waals surface area (Å²) >= 11 is 5.55. The lowest BCUT2D eigenvalue weighted by atomic mass is 10.2. The van der Waals surface area contributed by atoms with Gasteiger partial charge in [-0.15, -0.1) is 0 Å². The van der Waals surface area contributed by atoms with Crippen LogP contribution in [0.3, 0.4) is 0 Å². The monoisotopic (exact) mass is 215 g/mol. The predicted molar refractivity (Wildman–Crippen MR) is 48.6 cm³/mol. The molecular weight excluding hydrogens is 212 g/mol. The van der Waals surface area contributed by atoms with E-state index in [2.05, 4.69) is 4.98 Å². The Hall–Kier alpha value is -1.42. The molecule has 14 heavy (non-hydrogen) atoms. The molecule has 0 bridgehead atoms. The van der Waals surface area contributed by atoms with Crippen molar-refractivity contribution in [3.05, 3.63) is 34.5 Å². The fourth-order valence-corrected chi connectivity index (χ4v) is 1.53. The number of aldehydes is 1. The van der Waals surface area contributed by atoms with E-state index in [1.807, 2.05) is 0 Å². The van der Waals surface area contributed by atoms with Crippen LogP contribution in [-0.4, -0.2) is 11.3 Å². The highest BCUT2D eigenvalue weighted by Gasteiger charge is 2.15. The van der Waals surface area contributed by atoms with Crippen LogP contribution in [0.15, 0.2) is 12.1 Å². The van der Waals surface area contributed by atoms with E-state index < -0.39 is 11.6 Å². The molecule has 1 aromatic carbocycles. The minimum Gasteiger partial charge on any atom is -0.350 e. The van der Waals surface area contributed by atoms with Gasteiger partial charge in [0.25, 0.3) is 0 Å². The Morgan fingerprint density at radius 1 is 1.36 bits per heavy atom. The number of hydrogen-bond donors (Lipinski definition) is 1. The zero-order valence-corrected chi connectivity index (χ0v) is 7.53. The summed E-state index contributed by atoms with van der Waals surface area (Å²) in [5, 5.41) is -0.405. The third-order valence-electron chi connectivity index (χ3n) is 1.94. The van der Waals surface area contributed by atoms with Crippen LogP contribution < -0.4 is 0 Å². The van der Waals surface area contributed by atoms with Gasteiger partial charge in [0.05, 0.1) is 15.9 Å². The summed E-state index contributed by atoms with van der Waals surface area (Å²) in [6.45, 7) is 0. The summed E-state index contributed by atoms with van der Waals surface area (Å²) in [5.74, 6) is -1.53. The normalized spacial score (nSPS) is 10.8. The van der Waals surface area contributed by atoms with Crippen molar-refractivity contribution >= 4 is 28.8 Å². The van der Waals surface area contributed by atoms with Crippen molar-refractivity contribution in [2.75, 3.05) is 0 Å². The lowest BCUT2D eigenvalue weighted by Gasteiger charge is -1.94. The molecule has 2 aromatic rings. The Morgan fingerprint density at radius 2 is 2.07 bits per heavy atom. The number of halogens is 3. The van der Waals surface area contributed by atoms with Crippen LogP contribution in [0.25, 0.3) is 10.9 Å². The first-order chi connectivity index (χ1) is 6.65. The van der Waals surface area contributed by atoms with Crippen LogP contribution in [0, 0.1) is 11.6 Å². The molecule has 0 atom stereocenters. The SMILES string of the molecule is O=Cc1[nH]c2ccc(F)c(Cl)c2c1F. The van der Waals surface area contributed by atoms with E-state index in [9.17, 15) is 13.6 Å².